The fraction of sp³-hybridized carbons (Fsp3) is 0.231. The number of nitrogens with two attached hydrogens (primary N) is 1. The van der Waals surface area contributed by atoms with Gasteiger partial charge in [0, 0.05) is 24.5 Å². The molecule has 1 heterocycles. The zero-order valence-corrected chi connectivity index (χ0v) is 11.3. The van der Waals surface area contributed by atoms with Crippen LogP contribution in [0.15, 0.2) is 35.4 Å². The van der Waals surface area contributed by atoms with Crippen LogP contribution in [0.4, 0.5) is 4.39 Å². The lowest BCUT2D eigenvalue weighted by molar-refractivity contribution is 0.624. The van der Waals surface area contributed by atoms with Gasteiger partial charge in [0.15, 0.2) is 0 Å². The molecule has 2 aromatic rings. The van der Waals surface area contributed by atoms with Gasteiger partial charge >= 0.3 is 5.69 Å². The van der Waals surface area contributed by atoms with E-state index in [0.29, 0.717) is 18.7 Å². The maximum Gasteiger partial charge on any atom is 0.328 e. The van der Waals surface area contributed by atoms with Gasteiger partial charge in [0.25, 0.3) is 0 Å². The lowest BCUT2D eigenvalue weighted by Gasteiger charge is -2.08. The van der Waals surface area contributed by atoms with Crippen molar-refractivity contribution < 1.29 is 4.39 Å². The highest BCUT2D eigenvalue weighted by atomic mass is 32.1. The van der Waals surface area contributed by atoms with Crippen LogP contribution in [0.25, 0.3) is 0 Å². The van der Waals surface area contributed by atoms with Crippen LogP contribution in [-0.2, 0) is 13.1 Å². The molecular formula is C13H14FN3OS. The van der Waals surface area contributed by atoms with Gasteiger partial charge < -0.3 is 5.73 Å². The first-order valence-electron chi connectivity index (χ1n) is 5.86. The van der Waals surface area contributed by atoms with E-state index in [1.807, 2.05) is 6.92 Å². The van der Waals surface area contributed by atoms with Crippen molar-refractivity contribution in [3.05, 3.63) is 58.0 Å². The number of thiocarbonyl (C=S) groups is 1. The van der Waals surface area contributed by atoms with Crippen molar-refractivity contribution in [1.29, 1.82) is 0 Å². The normalized spacial score (nSPS) is 10.6. The Labute approximate surface area is 115 Å². The van der Waals surface area contributed by atoms with Crippen LogP contribution in [-0.4, -0.2) is 14.1 Å². The van der Waals surface area contributed by atoms with Crippen LogP contribution in [0.2, 0.25) is 0 Å². The summed E-state index contributed by atoms with van der Waals surface area (Å²) in [6.45, 7) is 2.82. The van der Waals surface area contributed by atoms with Gasteiger partial charge in [-0.3, -0.25) is 9.13 Å². The highest BCUT2D eigenvalue weighted by Gasteiger charge is 2.09. The van der Waals surface area contributed by atoms with Crippen LogP contribution in [0, 0.1) is 5.82 Å². The Bertz CT molecular complexity index is 675. The van der Waals surface area contributed by atoms with Crippen molar-refractivity contribution in [3.63, 3.8) is 0 Å². The molecule has 1 aromatic carbocycles. The Morgan fingerprint density at radius 3 is 2.63 bits per heavy atom. The van der Waals surface area contributed by atoms with E-state index in [2.05, 4.69) is 0 Å². The van der Waals surface area contributed by atoms with Gasteiger partial charge in [0.05, 0.1) is 6.54 Å². The summed E-state index contributed by atoms with van der Waals surface area (Å²) in [6.07, 6.45) is 3.41. The molecule has 6 heteroatoms. The van der Waals surface area contributed by atoms with E-state index >= 15 is 0 Å². The second-order valence-electron chi connectivity index (χ2n) is 4.16. The lowest BCUT2D eigenvalue weighted by atomic mass is 10.1. The molecule has 1 aromatic heterocycles. The third-order valence-electron chi connectivity index (χ3n) is 2.94. The third-order valence-corrected chi connectivity index (χ3v) is 3.16. The minimum atomic E-state index is -0.398. The van der Waals surface area contributed by atoms with E-state index in [1.54, 1.807) is 27.6 Å². The van der Waals surface area contributed by atoms with Crippen LogP contribution in [0.3, 0.4) is 0 Å². The first-order chi connectivity index (χ1) is 9.02. The Morgan fingerprint density at radius 1 is 1.37 bits per heavy atom. The standard InChI is InChI=1S/C13H14FN3OS/c1-2-16-5-6-17(13(16)18)8-9-3-4-10(14)7-11(9)12(15)19/h3-7H,2,8H2,1H3,(H2,15,19). The molecule has 0 aliphatic rings. The summed E-state index contributed by atoms with van der Waals surface area (Å²) < 4.78 is 16.3. The number of rotatable bonds is 4. The van der Waals surface area contributed by atoms with Crippen LogP contribution in [0.1, 0.15) is 18.1 Å². The summed E-state index contributed by atoms with van der Waals surface area (Å²) in [5, 5.41) is 0. The smallest absolute Gasteiger partial charge is 0.328 e. The van der Waals surface area contributed by atoms with E-state index in [4.69, 9.17) is 18.0 Å². The quantitative estimate of drug-likeness (QED) is 0.863. The van der Waals surface area contributed by atoms with E-state index in [0.717, 1.165) is 5.56 Å². The first-order valence-corrected chi connectivity index (χ1v) is 6.27. The number of benzene rings is 1. The van der Waals surface area contributed by atoms with E-state index in [1.165, 1.54) is 12.1 Å². The molecule has 0 saturated heterocycles. The number of nitrogens with zero attached hydrogens (tertiary/aromatic N) is 2. The molecule has 0 fully saturated rings. The zero-order valence-electron chi connectivity index (χ0n) is 10.5. The molecule has 0 radical (unpaired) electrons. The molecule has 0 amide bonds. The van der Waals surface area contributed by atoms with Gasteiger partial charge in [-0.15, -0.1) is 0 Å². The van der Waals surface area contributed by atoms with Crippen LogP contribution >= 0.6 is 12.2 Å². The molecule has 4 nitrogen and oxygen atoms in total. The van der Waals surface area contributed by atoms with Gasteiger partial charge in [-0.25, -0.2) is 9.18 Å². The van der Waals surface area contributed by atoms with Crippen molar-refractivity contribution in [1.82, 2.24) is 9.13 Å². The molecule has 2 N–H and O–H groups in total. The van der Waals surface area contributed by atoms with Gasteiger partial charge in [-0.1, -0.05) is 18.3 Å². The number of aromatic nitrogens is 2. The third kappa shape index (κ3) is 2.73. The second-order valence-corrected chi connectivity index (χ2v) is 4.60. The average molecular weight is 279 g/mol. The summed E-state index contributed by atoms with van der Waals surface area (Å²) in [7, 11) is 0. The van der Waals surface area contributed by atoms with Crippen molar-refractivity contribution in [2.75, 3.05) is 0 Å². The Morgan fingerprint density at radius 2 is 2.05 bits per heavy atom. The highest BCUT2D eigenvalue weighted by molar-refractivity contribution is 7.80. The summed E-state index contributed by atoms with van der Waals surface area (Å²) >= 11 is 4.90. The van der Waals surface area contributed by atoms with Crippen molar-refractivity contribution in [2.24, 2.45) is 5.73 Å². The molecule has 0 spiro atoms. The predicted octanol–water partition coefficient (Wildman–Crippen LogP) is 1.49. The molecule has 100 valence electrons. The van der Waals surface area contributed by atoms with E-state index < -0.39 is 5.82 Å². The Hall–Kier alpha value is -1.95. The summed E-state index contributed by atoms with van der Waals surface area (Å²) in [6, 6.07) is 4.22. The fourth-order valence-corrected chi connectivity index (χ4v) is 2.10. The average Bonchev–Trinajstić information content (AvgIpc) is 2.72. The van der Waals surface area contributed by atoms with Crippen LogP contribution < -0.4 is 11.4 Å². The monoisotopic (exact) mass is 279 g/mol. The largest absolute Gasteiger partial charge is 0.389 e. The minimum absolute atomic E-state index is 0.110. The molecular weight excluding hydrogens is 265 g/mol. The van der Waals surface area contributed by atoms with Gasteiger partial charge in [0.1, 0.15) is 10.8 Å². The maximum absolute atomic E-state index is 13.2. The number of hydrogen-bond acceptors (Lipinski definition) is 2. The van der Waals surface area contributed by atoms with Crippen LogP contribution in [0.5, 0.6) is 0 Å². The maximum atomic E-state index is 13.2. The molecule has 0 bridgehead atoms. The molecule has 0 saturated carbocycles. The summed E-state index contributed by atoms with van der Waals surface area (Å²) in [5.41, 5.74) is 6.66. The lowest BCUT2D eigenvalue weighted by Crippen LogP contribution is -2.25. The van der Waals surface area contributed by atoms with Gasteiger partial charge in [0.2, 0.25) is 0 Å². The molecule has 19 heavy (non-hydrogen) atoms. The number of halogens is 1. The second kappa shape index (κ2) is 5.36. The molecule has 0 atom stereocenters. The SMILES string of the molecule is CCn1ccn(Cc2ccc(F)cc2C(N)=S)c1=O. The zero-order chi connectivity index (χ0) is 14.0. The number of imidazole rings is 1. The van der Waals surface area contributed by atoms with Crippen molar-refractivity contribution in [3.8, 4) is 0 Å². The van der Waals surface area contributed by atoms with Gasteiger partial charge in [-0.05, 0) is 24.6 Å². The highest BCUT2D eigenvalue weighted by Crippen LogP contribution is 2.12. The van der Waals surface area contributed by atoms with E-state index in [9.17, 15) is 9.18 Å². The molecule has 0 aliphatic heterocycles. The summed E-state index contributed by atoms with van der Waals surface area (Å²) in [5.74, 6) is -0.398. The molecule has 2 rings (SSSR count). The summed E-state index contributed by atoms with van der Waals surface area (Å²) in [4.78, 5) is 12.1. The fourth-order valence-electron chi connectivity index (χ4n) is 1.91. The number of aryl methyl sites for hydroxylation is 1. The topological polar surface area (TPSA) is 52.9 Å². The van der Waals surface area contributed by atoms with Gasteiger partial charge in [-0.2, -0.15) is 0 Å². The first kappa shape index (κ1) is 13.5. The van der Waals surface area contributed by atoms with E-state index in [-0.39, 0.29) is 10.7 Å². The Kier molecular flexibility index (Phi) is 3.80. The molecule has 0 aliphatic carbocycles. The van der Waals surface area contributed by atoms with Crippen molar-refractivity contribution >= 4 is 17.2 Å². The van der Waals surface area contributed by atoms with Crippen molar-refractivity contribution in [2.45, 2.75) is 20.0 Å². The minimum Gasteiger partial charge on any atom is -0.389 e. The predicted molar refractivity (Wildman–Crippen MR) is 75.8 cm³/mol. The molecule has 0 unspecified atom stereocenters. The number of hydrogen-bond donors (Lipinski definition) is 1. The Balaban J connectivity index is 2.40.